The Labute approximate surface area is 191 Å². The van der Waals surface area contributed by atoms with Crippen LogP contribution in [0.5, 0.6) is 11.5 Å². The van der Waals surface area contributed by atoms with Crippen molar-refractivity contribution in [1.82, 2.24) is 9.55 Å². The zero-order valence-electron chi connectivity index (χ0n) is 18.5. The Morgan fingerprint density at radius 3 is 2.66 bits per heavy atom. The number of nitrogens with zero attached hydrogens (tertiary/aromatic N) is 2. The van der Waals surface area contributed by atoms with Gasteiger partial charge >= 0.3 is 0 Å². The molecule has 3 rings (SSSR count). The SMILES string of the molecule is CCOc1ccc(C(=O)CCC(O)c2nc(-c3ccc(F)c(Cl)c3)c(C)n2C)cc1OC. The van der Waals surface area contributed by atoms with E-state index in [1.165, 1.54) is 19.2 Å². The van der Waals surface area contributed by atoms with E-state index in [4.69, 9.17) is 21.1 Å². The number of rotatable bonds is 9. The van der Waals surface area contributed by atoms with Crippen molar-refractivity contribution in [3.8, 4) is 22.8 Å². The molecule has 1 N–H and O–H groups in total. The van der Waals surface area contributed by atoms with Gasteiger partial charge in [-0.25, -0.2) is 9.37 Å². The van der Waals surface area contributed by atoms with Crippen LogP contribution >= 0.6 is 11.6 Å². The molecule has 0 saturated carbocycles. The zero-order valence-corrected chi connectivity index (χ0v) is 19.2. The standard InChI is InChI=1S/C24H26ClFN2O4/c1-5-32-21-11-7-15(13-22(21)31-4)19(29)9-10-20(30)24-27-23(14(2)28(24)3)16-6-8-18(26)17(25)12-16/h6-8,11-13,20,30H,5,9-10H2,1-4H3. The molecule has 0 spiro atoms. The first-order valence-electron chi connectivity index (χ1n) is 10.3. The van der Waals surface area contributed by atoms with Crippen molar-refractivity contribution in [2.24, 2.45) is 7.05 Å². The van der Waals surface area contributed by atoms with E-state index in [9.17, 15) is 14.3 Å². The van der Waals surface area contributed by atoms with Crippen molar-refractivity contribution >= 4 is 17.4 Å². The second-order valence-corrected chi connectivity index (χ2v) is 7.78. The zero-order chi connectivity index (χ0) is 23.4. The fraction of sp³-hybridized carbons (Fsp3) is 0.333. The third-order valence-electron chi connectivity index (χ3n) is 5.34. The number of aliphatic hydroxyl groups is 1. The van der Waals surface area contributed by atoms with Crippen LogP contribution in [-0.2, 0) is 7.05 Å². The predicted molar refractivity (Wildman–Crippen MR) is 121 cm³/mol. The van der Waals surface area contributed by atoms with Gasteiger partial charge in [0.05, 0.1) is 24.4 Å². The van der Waals surface area contributed by atoms with Crippen LogP contribution in [-0.4, -0.2) is 34.2 Å². The fourth-order valence-corrected chi connectivity index (χ4v) is 3.65. The molecule has 8 heteroatoms. The largest absolute Gasteiger partial charge is 0.493 e. The summed E-state index contributed by atoms with van der Waals surface area (Å²) in [6.45, 7) is 4.22. The molecule has 1 atom stereocenters. The average molecular weight is 461 g/mol. The van der Waals surface area contributed by atoms with E-state index in [0.29, 0.717) is 40.8 Å². The minimum atomic E-state index is -0.947. The summed E-state index contributed by atoms with van der Waals surface area (Å²) in [6, 6.07) is 9.41. The first-order valence-corrected chi connectivity index (χ1v) is 10.6. The van der Waals surface area contributed by atoms with E-state index in [-0.39, 0.29) is 23.6 Å². The van der Waals surface area contributed by atoms with Gasteiger partial charge in [0, 0.05) is 30.3 Å². The summed E-state index contributed by atoms with van der Waals surface area (Å²) in [7, 11) is 3.31. The number of carbonyl (C=O) groups excluding carboxylic acids is 1. The molecule has 1 aromatic heterocycles. The monoisotopic (exact) mass is 460 g/mol. The number of benzene rings is 2. The highest BCUT2D eigenvalue weighted by atomic mass is 35.5. The highest BCUT2D eigenvalue weighted by Crippen LogP contribution is 2.31. The Morgan fingerprint density at radius 1 is 1.25 bits per heavy atom. The van der Waals surface area contributed by atoms with Crippen LogP contribution in [0.25, 0.3) is 11.3 Å². The van der Waals surface area contributed by atoms with Gasteiger partial charge in [0.1, 0.15) is 17.7 Å². The quantitative estimate of drug-likeness (QED) is 0.439. The fourth-order valence-electron chi connectivity index (χ4n) is 3.47. The van der Waals surface area contributed by atoms with E-state index < -0.39 is 11.9 Å². The van der Waals surface area contributed by atoms with Gasteiger partial charge < -0.3 is 19.1 Å². The lowest BCUT2D eigenvalue weighted by Crippen LogP contribution is -2.09. The summed E-state index contributed by atoms with van der Waals surface area (Å²) >= 11 is 5.90. The first kappa shape index (κ1) is 23.8. The lowest BCUT2D eigenvalue weighted by Gasteiger charge is -2.12. The number of Topliss-reactive ketones (excluding diaryl/α,β-unsaturated/α-hetero) is 1. The highest BCUT2D eigenvalue weighted by Gasteiger charge is 2.21. The minimum Gasteiger partial charge on any atom is -0.493 e. The van der Waals surface area contributed by atoms with Crippen LogP contribution in [0.15, 0.2) is 36.4 Å². The van der Waals surface area contributed by atoms with Gasteiger partial charge in [-0.3, -0.25) is 4.79 Å². The molecule has 0 saturated heterocycles. The average Bonchev–Trinajstić information content (AvgIpc) is 3.08. The summed E-state index contributed by atoms with van der Waals surface area (Å²) in [6.07, 6.45) is -0.624. The van der Waals surface area contributed by atoms with Crippen molar-refractivity contribution in [1.29, 1.82) is 0 Å². The molecule has 0 bridgehead atoms. The lowest BCUT2D eigenvalue weighted by atomic mass is 10.0. The third-order valence-corrected chi connectivity index (χ3v) is 5.63. The van der Waals surface area contributed by atoms with Crippen molar-refractivity contribution in [2.45, 2.75) is 32.8 Å². The molecule has 6 nitrogen and oxygen atoms in total. The Balaban J connectivity index is 1.74. The Bertz CT molecular complexity index is 1130. The van der Waals surface area contributed by atoms with Crippen molar-refractivity contribution in [2.75, 3.05) is 13.7 Å². The van der Waals surface area contributed by atoms with Crippen LogP contribution < -0.4 is 9.47 Å². The van der Waals surface area contributed by atoms with E-state index in [0.717, 1.165) is 5.69 Å². The van der Waals surface area contributed by atoms with E-state index in [1.807, 2.05) is 13.8 Å². The predicted octanol–water partition coefficient (Wildman–Crippen LogP) is 5.29. The van der Waals surface area contributed by atoms with Gasteiger partial charge in [-0.1, -0.05) is 11.6 Å². The molecule has 1 unspecified atom stereocenters. The van der Waals surface area contributed by atoms with Gasteiger partial charge in [0.25, 0.3) is 0 Å². The van der Waals surface area contributed by atoms with Crippen LogP contribution in [0, 0.1) is 12.7 Å². The lowest BCUT2D eigenvalue weighted by molar-refractivity contribution is 0.0931. The number of hydrogen-bond acceptors (Lipinski definition) is 5. The van der Waals surface area contributed by atoms with E-state index in [2.05, 4.69) is 4.98 Å². The summed E-state index contributed by atoms with van der Waals surface area (Å²) in [5, 5.41) is 10.7. The van der Waals surface area contributed by atoms with Gasteiger partial charge in [0.15, 0.2) is 17.3 Å². The van der Waals surface area contributed by atoms with Gasteiger partial charge in [-0.15, -0.1) is 0 Å². The summed E-state index contributed by atoms with van der Waals surface area (Å²) in [5.74, 6) is 0.856. The molecule has 0 radical (unpaired) electrons. The van der Waals surface area contributed by atoms with Crippen LogP contribution in [0.1, 0.15) is 47.7 Å². The Hall–Kier alpha value is -2.90. The number of imidazole rings is 1. The molecule has 3 aromatic rings. The second-order valence-electron chi connectivity index (χ2n) is 7.37. The van der Waals surface area contributed by atoms with Gasteiger partial charge in [-0.05, 0) is 56.7 Å². The van der Waals surface area contributed by atoms with Crippen LogP contribution in [0.2, 0.25) is 5.02 Å². The Kier molecular flexibility index (Phi) is 7.53. The molecule has 2 aromatic carbocycles. The molecule has 32 heavy (non-hydrogen) atoms. The second kappa shape index (κ2) is 10.1. The summed E-state index contributed by atoms with van der Waals surface area (Å²) < 4.78 is 26.1. The van der Waals surface area contributed by atoms with Crippen molar-refractivity contribution in [3.63, 3.8) is 0 Å². The summed E-state index contributed by atoms with van der Waals surface area (Å²) in [5.41, 5.74) is 2.53. The van der Waals surface area contributed by atoms with E-state index in [1.54, 1.807) is 35.9 Å². The number of ether oxygens (including phenoxy) is 2. The number of aliphatic hydroxyl groups excluding tert-OH is 1. The molecule has 0 aliphatic carbocycles. The number of halogens is 2. The molecule has 0 amide bonds. The first-order chi connectivity index (χ1) is 15.3. The number of aromatic nitrogens is 2. The number of hydrogen-bond donors (Lipinski definition) is 1. The number of methoxy groups -OCH3 is 1. The normalized spacial score (nSPS) is 12.0. The highest BCUT2D eigenvalue weighted by molar-refractivity contribution is 6.31. The topological polar surface area (TPSA) is 73.6 Å². The molecular formula is C24H26ClFN2O4. The number of ketones is 1. The molecule has 170 valence electrons. The maximum Gasteiger partial charge on any atom is 0.163 e. The van der Waals surface area contributed by atoms with Crippen LogP contribution in [0.3, 0.4) is 0 Å². The van der Waals surface area contributed by atoms with Crippen molar-refractivity contribution in [3.05, 3.63) is 64.3 Å². The molecular weight excluding hydrogens is 435 g/mol. The number of carbonyl (C=O) groups is 1. The molecule has 0 fully saturated rings. The molecule has 1 heterocycles. The van der Waals surface area contributed by atoms with E-state index >= 15 is 0 Å². The van der Waals surface area contributed by atoms with Crippen LogP contribution in [0.4, 0.5) is 4.39 Å². The summed E-state index contributed by atoms with van der Waals surface area (Å²) in [4.78, 5) is 17.2. The smallest absolute Gasteiger partial charge is 0.163 e. The molecule has 0 aliphatic heterocycles. The van der Waals surface area contributed by atoms with Crippen molar-refractivity contribution < 1.29 is 23.8 Å². The maximum atomic E-state index is 13.5. The maximum absolute atomic E-state index is 13.5. The third kappa shape index (κ3) is 4.95. The molecule has 0 aliphatic rings. The minimum absolute atomic E-state index is 0.00558. The Morgan fingerprint density at radius 2 is 2.00 bits per heavy atom. The van der Waals surface area contributed by atoms with Gasteiger partial charge in [0.2, 0.25) is 0 Å². The van der Waals surface area contributed by atoms with Gasteiger partial charge in [-0.2, -0.15) is 0 Å².